The Hall–Kier alpha value is -2.40. The normalized spacial score (nSPS) is 20.4. The molecule has 28 heavy (non-hydrogen) atoms. The van der Waals surface area contributed by atoms with E-state index in [4.69, 9.17) is 0 Å². The van der Waals surface area contributed by atoms with Crippen LogP contribution in [-0.4, -0.2) is 27.0 Å². The zero-order valence-electron chi connectivity index (χ0n) is 17.1. The number of rotatable bonds is 5. The topological polar surface area (TPSA) is 65.6 Å². The summed E-state index contributed by atoms with van der Waals surface area (Å²) in [5.74, 6) is 0.946. The number of benzene rings is 1. The van der Waals surface area contributed by atoms with Crippen molar-refractivity contribution in [1.29, 1.82) is 0 Å². The van der Waals surface area contributed by atoms with Gasteiger partial charge in [-0.25, -0.2) is 9.97 Å². The first-order valence-corrected chi connectivity index (χ1v) is 10.4. The molecule has 148 valence electrons. The molecule has 1 aliphatic carbocycles. The Morgan fingerprint density at radius 3 is 2.39 bits per heavy atom. The second kappa shape index (κ2) is 7.92. The number of nitrogens with zero attached hydrogens (tertiary/aromatic N) is 2. The number of fused-ring (bicyclic) bond motifs is 1. The van der Waals surface area contributed by atoms with Crippen molar-refractivity contribution in [2.75, 3.05) is 5.32 Å². The van der Waals surface area contributed by atoms with Crippen LogP contribution in [0.15, 0.2) is 42.9 Å². The summed E-state index contributed by atoms with van der Waals surface area (Å²) in [6.45, 7) is 7.73. The van der Waals surface area contributed by atoms with E-state index in [-0.39, 0.29) is 5.41 Å². The molecule has 0 saturated heterocycles. The molecule has 3 N–H and O–H groups in total. The lowest BCUT2D eigenvalue weighted by molar-refractivity contribution is 0.352. The minimum absolute atomic E-state index is 0.215. The summed E-state index contributed by atoms with van der Waals surface area (Å²) >= 11 is 0. The number of aromatic nitrogens is 3. The van der Waals surface area contributed by atoms with Gasteiger partial charge >= 0.3 is 0 Å². The summed E-state index contributed by atoms with van der Waals surface area (Å²) < 4.78 is 0. The highest BCUT2D eigenvalue weighted by molar-refractivity contribution is 5.86. The molecule has 5 heteroatoms. The Balaban J connectivity index is 1.26. The van der Waals surface area contributed by atoms with E-state index in [2.05, 4.69) is 70.6 Å². The van der Waals surface area contributed by atoms with Gasteiger partial charge in [-0.15, -0.1) is 0 Å². The molecule has 1 fully saturated rings. The van der Waals surface area contributed by atoms with Gasteiger partial charge in [0.1, 0.15) is 17.8 Å². The van der Waals surface area contributed by atoms with Crippen LogP contribution in [-0.2, 0) is 12.0 Å². The molecule has 1 aliphatic rings. The first kappa shape index (κ1) is 18.9. The first-order valence-electron chi connectivity index (χ1n) is 10.4. The number of H-pyrrole nitrogens is 1. The van der Waals surface area contributed by atoms with Crippen molar-refractivity contribution in [1.82, 2.24) is 20.3 Å². The van der Waals surface area contributed by atoms with Crippen LogP contribution in [0.2, 0.25) is 0 Å². The van der Waals surface area contributed by atoms with Crippen molar-refractivity contribution >= 4 is 16.9 Å². The average molecular weight is 378 g/mol. The molecule has 2 aromatic heterocycles. The third-order valence-electron chi connectivity index (χ3n) is 5.84. The molecule has 0 aliphatic heterocycles. The second-order valence-electron chi connectivity index (χ2n) is 8.98. The molecule has 1 aromatic carbocycles. The van der Waals surface area contributed by atoms with E-state index in [1.165, 1.54) is 24.0 Å². The molecule has 3 aromatic rings. The molecule has 0 radical (unpaired) electrons. The van der Waals surface area contributed by atoms with E-state index in [1.54, 1.807) is 6.33 Å². The van der Waals surface area contributed by atoms with E-state index in [9.17, 15) is 0 Å². The van der Waals surface area contributed by atoms with Gasteiger partial charge in [0.05, 0.1) is 5.39 Å². The molecular formula is C23H31N5. The van der Waals surface area contributed by atoms with Gasteiger partial charge in [-0.1, -0.05) is 45.0 Å². The summed E-state index contributed by atoms with van der Waals surface area (Å²) in [7, 11) is 0. The van der Waals surface area contributed by atoms with Crippen LogP contribution in [0.4, 0.5) is 5.82 Å². The van der Waals surface area contributed by atoms with Crippen LogP contribution >= 0.6 is 0 Å². The maximum absolute atomic E-state index is 4.43. The highest BCUT2D eigenvalue weighted by atomic mass is 15.1. The summed E-state index contributed by atoms with van der Waals surface area (Å²) in [6, 6.07) is 12.2. The predicted octanol–water partition coefficient (Wildman–Crippen LogP) is 4.77. The molecule has 0 bridgehead atoms. The third kappa shape index (κ3) is 4.36. The van der Waals surface area contributed by atoms with Gasteiger partial charge in [-0.2, -0.15) is 0 Å². The van der Waals surface area contributed by atoms with Gasteiger partial charge in [0.25, 0.3) is 0 Å². The molecule has 4 rings (SSSR count). The monoisotopic (exact) mass is 377 g/mol. The van der Waals surface area contributed by atoms with Gasteiger partial charge in [0, 0.05) is 24.8 Å². The van der Waals surface area contributed by atoms with E-state index < -0.39 is 0 Å². The Kier molecular flexibility index (Phi) is 5.36. The lowest BCUT2D eigenvalue weighted by Crippen LogP contribution is -2.36. The van der Waals surface area contributed by atoms with Crippen LogP contribution in [0.25, 0.3) is 11.0 Å². The van der Waals surface area contributed by atoms with Crippen LogP contribution in [0.1, 0.15) is 57.6 Å². The van der Waals surface area contributed by atoms with Gasteiger partial charge < -0.3 is 15.6 Å². The first-order chi connectivity index (χ1) is 13.5. The Bertz CT molecular complexity index is 899. The van der Waals surface area contributed by atoms with Crippen molar-refractivity contribution in [3.63, 3.8) is 0 Å². The Morgan fingerprint density at radius 1 is 0.964 bits per heavy atom. The predicted molar refractivity (Wildman–Crippen MR) is 116 cm³/mol. The fraction of sp³-hybridized carbons (Fsp3) is 0.478. The van der Waals surface area contributed by atoms with Crippen LogP contribution in [0.3, 0.4) is 0 Å². The third-order valence-corrected chi connectivity index (χ3v) is 5.84. The fourth-order valence-electron chi connectivity index (χ4n) is 4.01. The Morgan fingerprint density at radius 2 is 1.68 bits per heavy atom. The summed E-state index contributed by atoms with van der Waals surface area (Å²) in [4.78, 5) is 11.8. The average Bonchev–Trinajstić information content (AvgIpc) is 3.17. The number of anilines is 1. The van der Waals surface area contributed by atoms with Crippen molar-refractivity contribution in [3.05, 3.63) is 54.0 Å². The van der Waals surface area contributed by atoms with Gasteiger partial charge in [0.2, 0.25) is 0 Å². The standard InChI is InChI=1S/C23H31N5/c1-23(2,3)17-6-4-16(5-7-17)14-25-18-8-10-19(11-9-18)28-22-20-12-13-24-21(20)26-15-27-22/h4-7,12-13,15,18-19,25H,8-11,14H2,1-3H3,(H2,24,26,27,28). The van der Waals surface area contributed by atoms with E-state index in [0.717, 1.165) is 36.2 Å². The van der Waals surface area contributed by atoms with Crippen LogP contribution in [0, 0.1) is 0 Å². The minimum Gasteiger partial charge on any atom is -0.367 e. The smallest absolute Gasteiger partial charge is 0.142 e. The number of nitrogens with one attached hydrogen (secondary N) is 3. The molecule has 0 spiro atoms. The van der Waals surface area contributed by atoms with E-state index >= 15 is 0 Å². The van der Waals surface area contributed by atoms with E-state index in [1.807, 2.05) is 12.3 Å². The highest BCUT2D eigenvalue weighted by Crippen LogP contribution is 2.25. The quantitative estimate of drug-likeness (QED) is 0.599. The maximum Gasteiger partial charge on any atom is 0.142 e. The van der Waals surface area contributed by atoms with Crippen molar-refractivity contribution in [2.24, 2.45) is 0 Å². The molecule has 0 amide bonds. The van der Waals surface area contributed by atoms with Crippen molar-refractivity contribution in [3.8, 4) is 0 Å². The molecular weight excluding hydrogens is 346 g/mol. The second-order valence-corrected chi connectivity index (χ2v) is 8.98. The fourth-order valence-corrected chi connectivity index (χ4v) is 4.01. The highest BCUT2D eigenvalue weighted by Gasteiger charge is 2.22. The zero-order chi connectivity index (χ0) is 19.6. The number of hydrogen-bond donors (Lipinski definition) is 3. The minimum atomic E-state index is 0.215. The number of aromatic amines is 1. The maximum atomic E-state index is 4.43. The number of hydrogen-bond acceptors (Lipinski definition) is 4. The molecule has 1 saturated carbocycles. The van der Waals surface area contributed by atoms with Crippen LogP contribution < -0.4 is 10.6 Å². The summed E-state index contributed by atoms with van der Waals surface area (Å²) in [5, 5.41) is 8.44. The van der Waals surface area contributed by atoms with Gasteiger partial charge in [-0.05, 0) is 48.3 Å². The van der Waals surface area contributed by atoms with Crippen LogP contribution in [0.5, 0.6) is 0 Å². The molecule has 2 heterocycles. The van der Waals surface area contributed by atoms with Crippen molar-refractivity contribution < 1.29 is 0 Å². The van der Waals surface area contributed by atoms with E-state index in [0.29, 0.717) is 12.1 Å². The summed E-state index contributed by atoms with van der Waals surface area (Å²) in [5.41, 5.74) is 3.87. The van der Waals surface area contributed by atoms with Gasteiger partial charge in [-0.3, -0.25) is 0 Å². The van der Waals surface area contributed by atoms with Gasteiger partial charge in [0.15, 0.2) is 0 Å². The molecule has 5 nitrogen and oxygen atoms in total. The lowest BCUT2D eigenvalue weighted by atomic mass is 9.86. The largest absolute Gasteiger partial charge is 0.367 e. The summed E-state index contributed by atoms with van der Waals surface area (Å²) in [6.07, 6.45) is 8.25. The zero-order valence-corrected chi connectivity index (χ0v) is 17.1. The molecule has 0 atom stereocenters. The SMILES string of the molecule is CC(C)(C)c1ccc(CNC2CCC(Nc3ncnc4[nH]ccc34)CC2)cc1. The lowest BCUT2D eigenvalue weighted by Gasteiger charge is -2.30. The molecule has 0 unspecified atom stereocenters. The van der Waals surface area contributed by atoms with Crippen molar-refractivity contribution in [2.45, 2.75) is 70.5 Å². The Labute approximate surface area is 167 Å².